The van der Waals surface area contributed by atoms with Crippen molar-refractivity contribution in [2.45, 2.75) is 129 Å². The van der Waals surface area contributed by atoms with Crippen LogP contribution in [0.5, 0.6) is 0 Å². The number of hydrogen-bond donors (Lipinski definition) is 2. The summed E-state index contributed by atoms with van der Waals surface area (Å²) in [6, 6.07) is 7.85. The van der Waals surface area contributed by atoms with Crippen LogP contribution in [0.2, 0.25) is 0 Å². The molecule has 12 nitrogen and oxygen atoms in total. The number of carbonyl (C=O) groups is 4. The van der Waals surface area contributed by atoms with E-state index in [0.717, 1.165) is 23.4 Å². The summed E-state index contributed by atoms with van der Waals surface area (Å²) in [5, 5.41) is 9.08. The Morgan fingerprint density at radius 3 is 2.12 bits per heavy atom. The van der Waals surface area contributed by atoms with Crippen molar-refractivity contribution in [2.24, 2.45) is 23.7 Å². The van der Waals surface area contributed by atoms with Gasteiger partial charge < -0.3 is 29.9 Å². The first kappa shape index (κ1) is 47.0. The van der Waals surface area contributed by atoms with Crippen molar-refractivity contribution < 1.29 is 28.7 Å². The van der Waals surface area contributed by atoms with E-state index in [9.17, 15) is 19.2 Å². The van der Waals surface area contributed by atoms with E-state index in [4.69, 9.17) is 9.47 Å². The number of rotatable bonds is 22. The molecule has 2 aromatic rings. The summed E-state index contributed by atoms with van der Waals surface area (Å²) in [5.41, 5.74) is 1.09. The predicted molar refractivity (Wildman–Crippen MR) is 223 cm³/mol. The molecular formula is C43H70N6O6S. The van der Waals surface area contributed by atoms with Gasteiger partial charge in [-0.3, -0.25) is 24.1 Å². The van der Waals surface area contributed by atoms with Gasteiger partial charge in [-0.1, -0.05) is 91.6 Å². The molecule has 0 saturated carbocycles. The maximum absolute atomic E-state index is 14.4. The van der Waals surface area contributed by atoms with Gasteiger partial charge in [-0.05, 0) is 56.7 Å². The minimum Gasteiger partial charge on any atom is -0.379 e. The number of nitrogens with zero attached hydrogens (tertiary/aromatic N) is 4. The molecule has 0 aliphatic carbocycles. The zero-order valence-electron chi connectivity index (χ0n) is 36.0. The van der Waals surface area contributed by atoms with Gasteiger partial charge in [0.2, 0.25) is 23.6 Å². The number of ether oxygens (including phenoxy) is 2. The van der Waals surface area contributed by atoms with Crippen LogP contribution >= 0.6 is 11.3 Å². The van der Waals surface area contributed by atoms with E-state index in [0.29, 0.717) is 25.8 Å². The van der Waals surface area contributed by atoms with Crippen LogP contribution in [0.4, 0.5) is 0 Å². The average molecular weight is 799 g/mol. The molecule has 2 heterocycles. The Morgan fingerprint density at radius 1 is 0.929 bits per heavy atom. The molecule has 1 saturated heterocycles. The van der Waals surface area contributed by atoms with Crippen LogP contribution < -0.4 is 10.6 Å². The third-order valence-corrected chi connectivity index (χ3v) is 12.7. The summed E-state index contributed by atoms with van der Waals surface area (Å²) in [4.78, 5) is 66.2. The first-order chi connectivity index (χ1) is 26.6. The lowest BCUT2D eigenvalue weighted by Crippen LogP contribution is -2.60. The minimum absolute atomic E-state index is 0.00773. The number of amides is 4. The van der Waals surface area contributed by atoms with E-state index in [1.54, 1.807) is 32.4 Å². The van der Waals surface area contributed by atoms with E-state index in [1.165, 1.54) is 11.3 Å². The summed E-state index contributed by atoms with van der Waals surface area (Å²) < 4.78 is 12.1. The average Bonchev–Trinajstić information content (AvgIpc) is 3.90. The van der Waals surface area contributed by atoms with Crippen LogP contribution in [0.25, 0.3) is 0 Å². The molecule has 1 aromatic heterocycles. The van der Waals surface area contributed by atoms with E-state index in [-0.39, 0.29) is 65.9 Å². The number of nitrogens with one attached hydrogen (secondary N) is 2. The first-order valence-electron chi connectivity index (χ1n) is 20.4. The molecule has 3 rings (SSSR count). The normalized spacial score (nSPS) is 19.4. The molecule has 56 heavy (non-hydrogen) atoms. The molecule has 0 radical (unpaired) electrons. The number of methoxy groups -OCH3 is 2. The van der Waals surface area contributed by atoms with Gasteiger partial charge in [0, 0.05) is 39.4 Å². The Bertz CT molecular complexity index is 1500. The Morgan fingerprint density at radius 2 is 1.59 bits per heavy atom. The number of benzene rings is 1. The summed E-state index contributed by atoms with van der Waals surface area (Å²) in [6.07, 6.45) is 4.19. The van der Waals surface area contributed by atoms with E-state index in [2.05, 4.69) is 29.5 Å². The second-order valence-corrected chi connectivity index (χ2v) is 17.2. The second-order valence-electron chi connectivity index (χ2n) is 16.2. The third kappa shape index (κ3) is 12.1. The summed E-state index contributed by atoms with van der Waals surface area (Å²) >= 11 is 1.51. The first-order valence-corrected chi connectivity index (χ1v) is 21.3. The molecule has 2 N–H and O–H groups in total. The van der Waals surface area contributed by atoms with Crippen molar-refractivity contribution in [3.05, 3.63) is 52.5 Å². The van der Waals surface area contributed by atoms with Crippen LogP contribution in [0.3, 0.4) is 0 Å². The number of hydrogen-bond acceptors (Lipinski definition) is 9. The monoisotopic (exact) mass is 799 g/mol. The zero-order valence-corrected chi connectivity index (χ0v) is 36.8. The van der Waals surface area contributed by atoms with Crippen LogP contribution in [-0.2, 0) is 35.1 Å². The zero-order chi connectivity index (χ0) is 41.7. The molecule has 1 aliphatic rings. The largest absolute Gasteiger partial charge is 0.379 e. The maximum Gasteiger partial charge on any atom is 0.245 e. The van der Waals surface area contributed by atoms with Gasteiger partial charge in [-0.25, -0.2) is 4.98 Å². The fraction of sp³-hybridized carbons (Fsp3) is 0.698. The summed E-state index contributed by atoms with van der Waals surface area (Å²) in [7, 11) is 8.70. The van der Waals surface area contributed by atoms with E-state index >= 15 is 0 Å². The lowest BCUT2D eigenvalue weighted by molar-refractivity contribution is -0.148. The minimum atomic E-state index is -0.737. The third-order valence-electron chi connectivity index (χ3n) is 11.8. The topological polar surface area (TPSA) is 133 Å². The number of likely N-dealkylation sites (tertiary alicyclic amines) is 1. The summed E-state index contributed by atoms with van der Waals surface area (Å²) in [6.45, 7) is 14.5. The van der Waals surface area contributed by atoms with Crippen molar-refractivity contribution in [2.75, 3.05) is 41.9 Å². The van der Waals surface area contributed by atoms with Crippen LogP contribution in [0.1, 0.15) is 97.2 Å². The van der Waals surface area contributed by atoms with Gasteiger partial charge in [0.15, 0.2) is 0 Å². The molecule has 10 atom stereocenters. The van der Waals surface area contributed by atoms with Gasteiger partial charge in [0.05, 0.1) is 48.7 Å². The molecule has 1 fully saturated rings. The molecule has 0 unspecified atom stereocenters. The van der Waals surface area contributed by atoms with Crippen molar-refractivity contribution in [1.82, 2.24) is 30.3 Å². The lowest BCUT2D eigenvalue weighted by atomic mass is 9.88. The highest BCUT2D eigenvalue weighted by molar-refractivity contribution is 7.09. The SMILES string of the molecule is CC[C@H](C)[C@@H]([C@@H](CC(=O)N1CCC[C@H]1[C@H](OC)[C@@H](C)C(=O)N[C@@H](Cc1ccccc1)c1nccs1)OC)N(C)C(=O)[C@@H](NC(=O)[C@H](C(C)C)N(C)C)[C@@H](C)CC. The molecule has 314 valence electrons. The van der Waals surface area contributed by atoms with Crippen molar-refractivity contribution >= 4 is 35.0 Å². The van der Waals surface area contributed by atoms with E-state index < -0.39 is 30.2 Å². The molecular weight excluding hydrogens is 729 g/mol. The van der Waals surface area contributed by atoms with E-state index in [1.807, 2.05) is 94.2 Å². The molecule has 1 aliphatic heterocycles. The standard InChI is InChI=1S/C43H70N6O6S/c1-13-28(5)36(46-41(52)37(27(3)4)47(8)9)43(53)48(10)38(29(6)14-2)34(54-11)26-35(50)49-23-18-21-33(49)39(55-12)30(7)40(51)45-32(42-44-22-24-56-42)25-31-19-16-15-17-20-31/h15-17,19-20,22,24,27-30,32-34,36-39H,13-14,18,21,23,25-26H2,1-12H3,(H,45,51)(H,46,52)/t28-,29-,30+,32-,33-,34+,36-,37-,38-,39+/m0/s1. The highest BCUT2D eigenvalue weighted by Gasteiger charge is 2.43. The van der Waals surface area contributed by atoms with Gasteiger partial charge in [-0.15, -0.1) is 11.3 Å². The Balaban J connectivity index is 1.81. The fourth-order valence-corrected chi connectivity index (χ4v) is 9.03. The Hall–Kier alpha value is -3.39. The Labute approximate surface area is 340 Å². The smallest absolute Gasteiger partial charge is 0.245 e. The van der Waals surface area contributed by atoms with Gasteiger partial charge >= 0.3 is 0 Å². The lowest BCUT2D eigenvalue weighted by Gasteiger charge is -2.41. The molecule has 4 amide bonds. The molecule has 1 aromatic carbocycles. The highest BCUT2D eigenvalue weighted by Crippen LogP contribution is 2.31. The van der Waals surface area contributed by atoms with Crippen LogP contribution in [0.15, 0.2) is 41.9 Å². The highest BCUT2D eigenvalue weighted by atomic mass is 32.1. The number of thiazole rings is 1. The maximum atomic E-state index is 14.4. The Kier molecular flexibility index (Phi) is 18.9. The van der Waals surface area contributed by atoms with Crippen molar-refractivity contribution in [1.29, 1.82) is 0 Å². The molecule has 0 spiro atoms. The van der Waals surface area contributed by atoms with Crippen molar-refractivity contribution in [3.8, 4) is 0 Å². The predicted octanol–water partition coefficient (Wildman–Crippen LogP) is 5.58. The second kappa shape index (κ2) is 22.5. The number of likely N-dealkylation sites (N-methyl/N-ethyl adjacent to an activating group) is 2. The fourth-order valence-electron chi connectivity index (χ4n) is 8.34. The summed E-state index contributed by atoms with van der Waals surface area (Å²) in [5.74, 6) is -1.27. The van der Waals surface area contributed by atoms with Crippen LogP contribution in [-0.4, -0.2) is 122 Å². The number of aromatic nitrogens is 1. The molecule has 13 heteroatoms. The van der Waals surface area contributed by atoms with Gasteiger partial charge in [-0.2, -0.15) is 0 Å². The molecule has 0 bridgehead atoms. The van der Waals surface area contributed by atoms with Gasteiger partial charge in [0.25, 0.3) is 0 Å². The van der Waals surface area contributed by atoms with Crippen LogP contribution in [0, 0.1) is 23.7 Å². The van der Waals surface area contributed by atoms with Gasteiger partial charge in [0.1, 0.15) is 11.0 Å². The van der Waals surface area contributed by atoms with Crippen molar-refractivity contribution in [3.63, 3.8) is 0 Å². The number of carbonyl (C=O) groups excluding carboxylic acids is 4. The quantitative estimate of drug-likeness (QED) is 0.158.